The molecule has 6 nitrogen and oxygen atoms in total. The largest absolute Gasteiger partial charge is 0.449 e. The molecule has 1 N–H and O–H groups in total. The van der Waals surface area contributed by atoms with Crippen molar-refractivity contribution >= 4 is 17.0 Å². The molecule has 0 saturated carbocycles. The van der Waals surface area contributed by atoms with Crippen LogP contribution < -0.4 is 0 Å². The van der Waals surface area contributed by atoms with E-state index in [4.69, 9.17) is 4.42 Å². The molecule has 23 heavy (non-hydrogen) atoms. The molecule has 0 aromatic carbocycles. The third-order valence-electron chi connectivity index (χ3n) is 4.32. The molecule has 0 bridgehead atoms. The predicted molar refractivity (Wildman–Crippen MR) is 87.4 cm³/mol. The van der Waals surface area contributed by atoms with Crippen molar-refractivity contribution in [2.75, 3.05) is 32.7 Å². The molecule has 2 aromatic rings. The lowest BCUT2D eigenvalue weighted by atomic mass is 10.2. The topological polar surface area (TPSA) is 69.8 Å². The number of aryl methyl sites for hydroxylation is 1. The number of furan rings is 1. The van der Waals surface area contributed by atoms with Gasteiger partial charge in [0.15, 0.2) is 11.3 Å². The van der Waals surface area contributed by atoms with Gasteiger partial charge < -0.3 is 14.4 Å². The Hall–Kier alpha value is -1.92. The second-order valence-corrected chi connectivity index (χ2v) is 6.10. The summed E-state index contributed by atoms with van der Waals surface area (Å²) in [6, 6.07) is 5.44. The first kappa shape index (κ1) is 16.0. The van der Waals surface area contributed by atoms with E-state index >= 15 is 0 Å². The van der Waals surface area contributed by atoms with Crippen molar-refractivity contribution in [2.24, 2.45) is 0 Å². The van der Waals surface area contributed by atoms with Gasteiger partial charge in [0, 0.05) is 44.5 Å². The molecule has 1 saturated heterocycles. The normalized spacial score (nSPS) is 17.6. The number of amides is 1. The molecule has 6 heteroatoms. The van der Waals surface area contributed by atoms with Crippen LogP contribution in [-0.4, -0.2) is 64.6 Å². The summed E-state index contributed by atoms with van der Waals surface area (Å²) >= 11 is 0. The minimum atomic E-state index is -0.290. The summed E-state index contributed by atoms with van der Waals surface area (Å²) in [4.78, 5) is 21.0. The Morgan fingerprint density at radius 2 is 2.09 bits per heavy atom. The summed E-state index contributed by atoms with van der Waals surface area (Å²) < 4.78 is 5.64. The van der Waals surface area contributed by atoms with Crippen molar-refractivity contribution in [1.29, 1.82) is 0 Å². The Morgan fingerprint density at radius 3 is 2.78 bits per heavy atom. The lowest BCUT2D eigenvalue weighted by molar-refractivity contribution is 0.0502. The van der Waals surface area contributed by atoms with E-state index in [1.165, 1.54) is 0 Å². The Balaban J connectivity index is 1.64. The quantitative estimate of drug-likeness (QED) is 0.929. The average molecular weight is 317 g/mol. The highest BCUT2D eigenvalue weighted by Gasteiger charge is 2.25. The van der Waals surface area contributed by atoms with Crippen LogP contribution in [0.1, 0.15) is 29.6 Å². The smallest absolute Gasteiger partial charge is 0.289 e. The van der Waals surface area contributed by atoms with Crippen LogP contribution in [0.25, 0.3) is 11.1 Å². The van der Waals surface area contributed by atoms with Gasteiger partial charge in [0.1, 0.15) is 5.52 Å². The molecule has 0 unspecified atom stereocenters. The molecule has 2 aromatic heterocycles. The van der Waals surface area contributed by atoms with Crippen molar-refractivity contribution in [1.82, 2.24) is 14.8 Å². The first-order chi connectivity index (χ1) is 11.1. The SMILES string of the molecule is CC[C@H](O)CN1CCN(C(=O)c2cc3nc(C)ccc3o2)CC1. The van der Waals surface area contributed by atoms with Crippen molar-refractivity contribution in [2.45, 2.75) is 26.4 Å². The van der Waals surface area contributed by atoms with E-state index in [0.717, 1.165) is 30.7 Å². The number of carbonyl (C=O) groups excluding carboxylic acids is 1. The molecule has 1 fully saturated rings. The number of aromatic nitrogens is 1. The van der Waals surface area contributed by atoms with Crippen molar-refractivity contribution < 1.29 is 14.3 Å². The molecule has 0 radical (unpaired) electrons. The zero-order valence-corrected chi connectivity index (χ0v) is 13.7. The van der Waals surface area contributed by atoms with Crippen LogP contribution in [-0.2, 0) is 0 Å². The zero-order valence-electron chi connectivity index (χ0n) is 13.7. The van der Waals surface area contributed by atoms with Crippen LogP contribution >= 0.6 is 0 Å². The fraction of sp³-hybridized carbons (Fsp3) is 0.529. The van der Waals surface area contributed by atoms with Crippen LogP contribution in [0.4, 0.5) is 0 Å². The molecule has 0 spiro atoms. The number of β-amino-alcohol motifs (C(OH)–C–C–N with tert-alkyl or cyclic N) is 1. The Labute approximate surface area is 135 Å². The highest BCUT2D eigenvalue weighted by Crippen LogP contribution is 2.20. The number of hydrogen-bond donors (Lipinski definition) is 1. The van der Waals surface area contributed by atoms with E-state index in [1.807, 2.05) is 26.0 Å². The highest BCUT2D eigenvalue weighted by atomic mass is 16.3. The van der Waals surface area contributed by atoms with Crippen molar-refractivity contribution in [3.05, 3.63) is 29.7 Å². The first-order valence-corrected chi connectivity index (χ1v) is 8.13. The highest BCUT2D eigenvalue weighted by molar-refractivity contribution is 5.95. The lowest BCUT2D eigenvalue weighted by Gasteiger charge is -2.35. The summed E-state index contributed by atoms with van der Waals surface area (Å²) in [6.07, 6.45) is 0.465. The van der Waals surface area contributed by atoms with Gasteiger partial charge in [-0.05, 0) is 25.5 Å². The number of piperazine rings is 1. The summed E-state index contributed by atoms with van der Waals surface area (Å²) in [5.41, 5.74) is 2.27. The fourth-order valence-electron chi connectivity index (χ4n) is 2.85. The average Bonchev–Trinajstić information content (AvgIpc) is 2.97. The van der Waals surface area contributed by atoms with Gasteiger partial charge in [0.25, 0.3) is 5.91 Å². The summed E-state index contributed by atoms with van der Waals surface area (Å²) in [6.45, 7) is 7.42. The van der Waals surface area contributed by atoms with Crippen LogP contribution in [0.5, 0.6) is 0 Å². The zero-order chi connectivity index (χ0) is 16.4. The fourth-order valence-corrected chi connectivity index (χ4v) is 2.85. The Morgan fingerprint density at radius 1 is 1.35 bits per heavy atom. The molecule has 1 amide bonds. The molecular formula is C17H23N3O3. The molecule has 1 atom stereocenters. The second-order valence-electron chi connectivity index (χ2n) is 6.10. The van der Waals surface area contributed by atoms with E-state index < -0.39 is 0 Å². The number of rotatable bonds is 4. The van der Waals surface area contributed by atoms with Gasteiger partial charge >= 0.3 is 0 Å². The maximum atomic E-state index is 12.6. The van der Waals surface area contributed by atoms with Crippen LogP contribution in [0.2, 0.25) is 0 Å². The second kappa shape index (κ2) is 6.68. The Bertz CT molecular complexity index is 689. The summed E-state index contributed by atoms with van der Waals surface area (Å²) in [7, 11) is 0. The lowest BCUT2D eigenvalue weighted by Crippen LogP contribution is -2.50. The Kier molecular flexibility index (Phi) is 4.63. The van der Waals surface area contributed by atoms with Gasteiger partial charge in [-0.25, -0.2) is 4.98 Å². The van der Waals surface area contributed by atoms with Crippen LogP contribution in [0.3, 0.4) is 0 Å². The maximum Gasteiger partial charge on any atom is 0.289 e. The van der Waals surface area contributed by atoms with Crippen LogP contribution in [0, 0.1) is 6.92 Å². The number of nitrogens with zero attached hydrogens (tertiary/aromatic N) is 3. The number of carbonyl (C=O) groups is 1. The van der Waals surface area contributed by atoms with E-state index in [9.17, 15) is 9.90 Å². The number of aliphatic hydroxyl groups excluding tert-OH is 1. The monoisotopic (exact) mass is 317 g/mol. The first-order valence-electron chi connectivity index (χ1n) is 8.13. The summed E-state index contributed by atoms with van der Waals surface area (Å²) in [5.74, 6) is 0.261. The number of aliphatic hydroxyl groups is 1. The molecule has 3 heterocycles. The minimum absolute atomic E-state index is 0.0867. The number of hydrogen-bond acceptors (Lipinski definition) is 5. The van der Waals surface area contributed by atoms with Crippen LogP contribution in [0.15, 0.2) is 22.6 Å². The maximum absolute atomic E-state index is 12.6. The van der Waals surface area contributed by atoms with Crippen molar-refractivity contribution in [3.8, 4) is 0 Å². The van der Waals surface area contributed by atoms with Gasteiger partial charge in [0.05, 0.1) is 6.10 Å². The van der Waals surface area contributed by atoms with E-state index in [2.05, 4.69) is 9.88 Å². The van der Waals surface area contributed by atoms with Gasteiger partial charge in [-0.2, -0.15) is 0 Å². The van der Waals surface area contributed by atoms with Gasteiger partial charge in [-0.15, -0.1) is 0 Å². The number of pyridine rings is 1. The third kappa shape index (κ3) is 3.54. The standard InChI is InChI=1S/C17H23N3O3/c1-3-13(21)11-19-6-8-20(9-7-19)17(22)16-10-14-15(23-16)5-4-12(2)18-14/h4-5,10,13,21H,3,6-9,11H2,1-2H3/t13-/m0/s1. The van der Waals surface area contributed by atoms with E-state index in [-0.39, 0.29) is 12.0 Å². The van der Waals surface area contributed by atoms with Gasteiger partial charge in [0.2, 0.25) is 0 Å². The van der Waals surface area contributed by atoms with E-state index in [1.54, 1.807) is 11.0 Å². The molecule has 1 aliphatic rings. The van der Waals surface area contributed by atoms with Gasteiger partial charge in [-0.1, -0.05) is 6.92 Å². The molecular weight excluding hydrogens is 294 g/mol. The van der Waals surface area contributed by atoms with Crippen molar-refractivity contribution in [3.63, 3.8) is 0 Å². The molecule has 124 valence electrons. The molecule has 1 aliphatic heterocycles. The number of fused-ring (bicyclic) bond motifs is 1. The summed E-state index contributed by atoms with van der Waals surface area (Å²) in [5, 5.41) is 9.72. The third-order valence-corrected chi connectivity index (χ3v) is 4.32. The predicted octanol–water partition coefficient (Wildman–Crippen LogP) is 1.66. The minimum Gasteiger partial charge on any atom is -0.449 e. The van der Waals surface area contributed by atoms with Gasteiger partial charge in [-0.3, -0.25) is 9.69 Å². The molecule has 0 aliphatic carbocycles. The molecule has 3 rings (SSSR count). The van der Waals surface area contributed by atoms with E-state index in [0.29, 0.717) is 31.0 Å².